The molecule has 3 heteroatoms. The van der Waals surface area contributed by atoms with E-state index in [1.807, 2.05) is 26.2 Å². The first-order chi connectivity index (χ1) is 5.68. The number of aromatic hydroxyl groups is 1. The predicted octanol–water partition coefficient (Wildman–Crippen LogP) is 1.29. The lowest BCUT2D eigenvalue weighted by atomic mass is 10.2. The quantitative estimate of drug-likeness (QED) is 0.528. The number of rotatable bonds is 2. The molecule has 1 aromatic rings. The van der Waals surface area contributed by atoms with Crippen molar-refractivity contribution < 1.29 is 5.11 Å². The Labute approximate surface area is 71.9 Å². The predicted molar refractivity (Wildman–Crippen MR) is 49.4 cm³/mol. The van der Waals surface area contributed by atoms with Gasteiger partial charge in [-0.05, 0) is 29.8 Å². The Morgan fingerprint density at radius 3 is 2.33 bits per heavy atom. The SMILES string of the molecule is CN(C)N=Cc1ccc(O)cc1. The molecular formula is C9H12N2O. The summed E-state index contributed by atoms with van der Waals surface area (Å²) in [6.45, 7) is 0. The van der Waals surface area contributed by atoms with E-state index in [2.05, 4.69) is 5.10 Å². The highest BCUT2D eigenvalue weighted by atomic mass is 16.3. The Morgan fingerprint density at radius 2 is 1.83 bits per heavy atom. The van der Waals surface area contributed by atoms with E-state index in [4.69, 9.17) is 5.11 Å². The van der Waals surface area contributed by atoms with Crippen LogP contribution in [0.4, 0.5) is 0 Å². The number of benzene rings is 1. The third kappa shape index (κ3) is 2.62. The molecule has 0 spiro atoms. The van der Waals surface area contributed by atoms with Crippen LogP contribution in [0.25, 0.3) is 0 Å². The van der Waals surface area contributed by atoms with Gasteiger partial charge in [0.05, 0.1) is 6.21 Å². The highest BCUT2D eigenvalue weighted by Crippen LogP contribution is 2.07. The second-order valence-corrected chi connectivity index (χ2v) is 2.68. The lowest BCUT2D eigenvalue weighted by Crippen LogP contribution is -2.01. The molecule has 0 aromatic heterocycles. The van der Waals surface area contributed by atoms with Crippen molar-refractivity contribution >= 4 is 6.21 Å². The van der Waals surface area contributed by atoms with Crippen molar-refractivity contribution in [1.29, 1.82) is 0 Å². The van der Waals surface area contributed by atoms with Crippen molar-refractivity contribution in [2.45, 2.75) is 0 Å². The van der Waals surface area contributed by atoms with Gasteiger partial charge in [0.1, 0.15) is 5.75 Å². The van der Waals surface area contributed by atoms with Crippen LogP contribution in [0.1, 0.15) is 5.56 Å². The second kappa shape index (κ2) is 3.76. The summed E-state index contributed by atoms with van der Waals surface area (Å²) in [6, 6.07) is 6.89. The van der Waals surface area contributed by atoms with Crippen molar-refractivity contribution in [3.05, 3.63) is 29.8 Å². The van der Waals surface area contributed by atoms with Crippen molar-refractivity contribution in [3.8, 4) is 5.75 Å². The van der Waals surface area contributed by atoms with Crippen LogP contribution in [0, 0.1) is 0 Å². The van der Waals surface area contributed by atoms with E-state index < -0.39 is 0 Å². The fourth-order valence-electron chi connectivity index (χ4n) is 0.743. The molecule has 0 bridgehead atoms. The minimum atomic E-state index is 0.275. The number of hydrazone groups is 1. The van der Waals surface area contributed by atoms with Crippen LogP contribution in [-0.2, 0) is 0 Å². The molecule has 1 N–H and O–H groups in total. The molecule has 0 saturated carbocycles. The van der Waals surface area contributed by atoms with Gasteiger partial charge in [0.25, 0.3) is 0 Å². The fraction of sp³-hybridized carbons (Fsp3) is 0.222. The molecule has 64 valence electrons. The van der Waals surface area contributed by atoms with Crippen molar-refractivity contribution in [3.63, 3.8) is 0 Å². The smallest absolute Gasteiger partial charge is 0.115 e. The first-order valence-corrected chi connectivity index (χ1v) is 3.69. The van der Waals surface area contributed by atoms with E-state index in [9.17, 15) is 0 Å². The zero-order chi connectivity index (χ0) is 8.97. The van der Waals surface area contributed by atoms with Gasteiger partial charge in [-0.25, -0.2) is 0 Å². The molecule has 0 amide bonds. The van der Waals surface area contributed by atoms with Gasteiger partial charge >= 0.3 is 0 Å². The zero-order valence-electron chi connectivity index (χ0n) is 7.23. The number of phenolic OH excluding ortho intramolecular Hbond substituents is 1. The van der Waals surface area contributed by atoms with E-state index in [1.165, 1.54) is 0 Å². The maximum atomic E-state index is 8.98. The topological polar surface area (TPSA) is 35.8 Å². The van der Waals surface area contributed by atoms with Gasteiger partial charge in [-0.3, -0.25) is 0 Å². The molecule has 0 aliphatic heterocycles. The van der Waals surface area contributed by atoms with E-state index in [0.717, 1.165) is 5.56 Å². The average molecular weight is 164 g/mol. The summed E-state index contributed by atoms with van der Waals surface area (Å²) >= 11 is 0. The molecule has 1 rings (SSSR count). The number of nitrogens with zero attached hydrogens (tertiary/aromatic N) is 2. The third-order valence-corrected chi connectivity index (χ3v) is 1.33. The molecule has 0 aliphatic carbocycles. The van der Waals surface area contributed by atoms with Crippen molar-refractivity contribution in [2.24, 2.45) is 5.10 Å². The standard InChI is InChI=1S/C9H12N2O/c1-11(2)10-7-8-3-5-9(12)6-4-8/h3-7,12H,1-2H3. The maximum Gasteiger partial charge on any atom is 0.115 e. The first-order valence-electron chi connectivity index (χ1n) is 3.69. The molecule has 0 fully saturated rings. The number of hydrogen-bond donors (Lipinski definition) is 1. The molecule has 12 heavy (non-hydrogen) atoms. The maximum absolute atomic E-state index is 8.98. The molecule has 3 nitrogen and oxygen atoms in total. The molecule has 0 unspecified atom stereocenters. The van der Waals surface area contributed by atoms with Crippen LogP contribution in [-0.4, -0.2) is 30.4 Å². The van der Waals surface area contributed by atoms with Crippen LogP contribution in [0.5, 0.6) is 5.75 Å². The minimum Gasteiger partial charge on any atom is -0.508 e. The van der Waals surface area contributed by atoms with Crippen LogP contribution in [0.3, 0.4) is 0 Å². The molecule has 0 radical (unpaired) electrons. The van der Waals surface area contributed by atoms with Crippen LogP contribution >= 0.6 is 0 Å². The Balaban J connectivity index is 2.71. The Kier molecular flexibility index (Phi) is 2.69. The Bertz CT molecular complexity index is 264. The van der Waals surface area contributed by atoms with E-state index in [0.29, 0.717) is 0 Å². The molecule has 1 aromatic carbocycles. The molecule has 0 aliphatic rings. The summed E-state index contributed by atoms with van der Waals surface area (Å²) in [5, 5.41) is 14.7. The van der Waals surface area contributed by atoms with Gasteiger partial charge in [-0.15, -0.1) is 0 Å². The lowest BCUT2D eigenvalue weighted by molar-refractivity contribution is 0.440. The minimum absolute atomic E-state index is 0.275. The van der Waals surface area contributed by atoms with Gasteiger partial charge in [-0.1, -0.05) is 0 Å². The summed E-state index contributed by atoms with van der Waals surface area (Å²) in [5.41, 5.74) is 0.974. The van der Waals surface area contributed by atoms with Gasteiger partial charge in [0, 0.05) is 14.1 Å². The van der Waals surface area contributed by atoms with Gasteiger partial charge < -0.3 is 10.1 Å². The molecular weight excluding hydrogens is 152 g/mol. The van der Waals surface area contributed by atoms with Crippen LogP contribution in [0.15, 0.2) is 29.4 Å². The normalized spacial score (nSPS) is 10.5. The van der Waals surface area contributed by atoms with Gasteiger partial charge in [-0.2, -0.15) is 5.10 Å². The average Bonchev–Trinajstić information content (AvgIpc) is 2.03. The summed E-state index contributed by atoms with van der Waals surface area (Å²) in [7, 11) is 3.72. The number of phenols is 1. The van der Waals surface area contributed by atoms with Crippen molar-refractivity contribution in [1.82, 2.24) is 5.01 Å². The van der Waals surface area contributed by atoms with Gasteiger partial charge in [0.2, 0.25) is 0 Å². The highest BCUT2D eigenvalue weighted by molar-refractivity contribution is 5.79. The van der Waals surface area contributed by atoms with Crippen LogP contribution < -0.4 is 0 Å². The van der Waals surface area contributed by atoms with Crippen LogP contribution in [0.2, 0.25) is 0 Å². The summed E-state index contributed by atoms with van der Waals surface area (Å²) < 4.78 is 0. The largest absolute Gasteiger partial charge is 0.508 e. The molecule has 0 saturated heterocycles. The zero-order valence-corrected chi connectivity index (χ0v) is 7.23. The van der Waals surface area contributed by atoms with Gasteiger partial charge in [0.15, 0.2) is 0 Å². The first kappa shape index (κ1) is 8.59. The molecule has 0 heterocycles. The Hall–Kier alpha value is -1.51. The monoisotopic (exact) mass is 164 g/mol. The fourth-order valence-corrected chi connectivity index (χ4v) is 0.743. The third-order valence-electron chi connectivity index (χ3n) is 1.33. The lowest BCUT2D eigenvalue weighted by Gasteiger charge is -2.01. The molecule has 0 atom stereocenters. The summed E-state index contributed by atoms with van der Waals surface area (Å²) in [4.78, 5) is 0. The second-order valence-electron chi connectivity index (χ2n) is 2.68. The number of hydrogen-bond acceptors (Lipinski definition) is 3. The Morgan fingerprint density at radius 1 is 1.25 bits per heavy atom. The van der Waals surface area contributed by atoms with E-state index in [1.54, 1.807) is 23.4 Å². The summed E-state index contributed by atoms with van der Waals surface area (Å²) in [5.74, 6) is 0.275. The van der Waals surface area contributed by atoms with E-state index in [-0.39, 0.29) is 5.75 Å². The highest BCUT2D eigenvalue weighted by Gasteiger charge is 1.87. The van der Waals surface area contributed by atoms with Crippen molar-refractivity contribution in [2.75, 3.05) is 14.1 Å². The van der Waals surface area contributed by atoms with E-state index >= 15 is 0 Å². The summed E-state index contributed by atoms with van der Waals surface area (Å²) in [6.07, 6.45) is 1.74.